The van der Waals surface area contributed by atoms with Gasteiger partial charge in [-0.25, -0.2) is 4.39 Å². The molecule has 0 spiro atoms. The van der Waals surface area contributed by atoms with E-state index in [1.54, 1.807) is 0 Å². The number of hydrogen-bond acceptors (Lipinski definition) is 4. The lowest BCUT2D eigenvalue weighted by molar-refractivity contribution is -0.139. The number of rotatable bonds is 5. The average molecular weight is 389 g/mol. The van der Waals surface area contributed by atoms with Crippen LogP contribution in [0.1, 0.15) is 19.4 Å². The lowest BCUT2D eigenvalue weighted by atomic mass is 10.1. The predicted octanol–water partition coefficient (Wildman–Crippen LogP) is 3.61. The third kappa shape index (κ3) is 5.02. The number of hydrogen-bond donors (Lipinski definition) is 1. The Hall–Kier alpha value is -2.05. The summed E-state index contributed by atoms with van der Waals surface area (Å²) in [5.41, 5.74) is 1.07. The number of halogens is 1. The largest absolute Gasteiger partial charge is 0.483 e. The van der Waals surface area contributed by atoms with Crippen molar-refractivity contribution in [1.29, 1.82) is 0 Å². The van der Waals surface area contributed by atoms with E-state index in [1.165, 1.54) is 12.1 Å². The number of piperazine rings is 1. The molecule has 3 rings (SSSR count). The zero-order valence-electron chi connectivity index (χ0n) is 15.6. The molecule has 0 unspecified atom stereocenters. The highest BCUT2D eigenvalue weighted by Gasteiger charge is 2.32. The van der Waals surface area contributed by atoms with Crippen LogP contribution < -0.4 is 4.74 Å². The van der Waals surface area contributed by atoms with Gasteiger partial charge in [0.05, 0.1) is 0 Å². The van der Waals surface area contributed by atoms with Gasteiger partial charge in [0, 0.05) is 36.6 Å². The lowest BCUT2D eigenvalue weighted by Crippen LogP contribution is -2.58. The molecule has 1 aliphatic heterocycles. The topological polar surface area (TPSA) is 32.8 Å². The number of nitrogens with zero attached hydrogens (tertiary/aromatic N) is 2. The molecule has 0 N–H and O–H groups in total. The van der Waals surface area contributed by atoms with Crippen molar-refractivity contribution in [3.05, 3.63) is 59.9 Å². The van der Waals surface area contributed by atoms with Crippen LogP contribution in [0.25, 0.3) is 0 Å². The molecule has 6 heteroatoms. The first-order valence-electron chi connectivity index (χ1n) is 9.13. The van der Waals surface area contributed by atoms with Crippen LogP contribution in [0.3, 0.4) is 0 Å². The van der Waals surface area contributed by atoms with E-state index in [0.717, 1.165) is 23.5 Å². The first-order valence-corrected chi connectivity index (χ1v) is 9.57. The predicted molar refractivity (Wildman–Crippen MR) is 107 cm³/mol. The van der Waals surface area contributed by atoms with Crippen LogP contribution in [-0.4, -0.2) is 47.5 Å². The van der Waals surface area contributed by atoms with E-state index in [4.69, 9.17) is 4.74 Å². The smallest absolute Gasteiger partial charge is 0.260 e. The molecule has 0 aromatic heterocycles. The summed E-state index contributed by atoms with van der Waals surface area (Å²) in [6.45, 7) is 6.33. The average Bonchev–Trinajstić information content (AvgIpc) is 2.65. The highest BCUT2D eigenvalue weighted by molar-refractivity contribution is 7.80. The van der Waals surface area contributed by atoms with E-state index in [1.807, 2.05) is 48.2 Å². The van der Waals surface area contributed by atoms with Crippen LogP contribution in [0.2, 0.25) is 0 Å². The van der Waals surface area contributed by atoms with Gasteiger partial charge < -0.3 is 9.64 Å². The van der Waals surface area contributed by atoms with Crippen molar-refractivity contribution in [3.63, 3.8) is 0 Å². The number of para-hydroxylation sites is 1. The maximum absolute atomic E-state index is 13.1. The van der Waals surface area contributed by atoms with E-state index in [-0.39, 0.29) is 30.4 Å². The number of thiol groups is 1. The summed E-state index contributed by atoms with van der Waals surface area (Å²) in [5.74, 6) is 0.371. The fourth-order valence-corrected chi connectivity index (χ4v) is 3.62. The molecule has 4 nitrogen and oxygen atoms in total. The molecule has 0 aliphatic carbocycles. The van der Waals surface area contributed by atoms with Crippen molar-refractivity contribution in [1.82, 2.24) is 9.80 Å². The molecule has 144 valence electrons. The molecule has 1 heterocycles. The SMILES string of the molecule is C[C@@H]1CN(Cc2ccc(F)cc2)[C@@H](C)CN1C(=O)COc1ccccc1S. The Kier molecular flexibility index (Phi) is 6.39. The van der Waals surface area contributed by atoms with Crippen molar-refractivity contribution in [2.24, 2.45) is 0 Å². The van der Waals surface area contributed by atoms with E-state index >= 15 is 0 Å². The van der Waals surface area contributed by atoms with Crippen molar-refractivity contribution < 1.29 is 13.9 Å². The first kappa shape index (κ1) is 19.7. The van der Waals surface area contributed by atoms with Gasteiger partial charge in [0.2, 0.25) is 0 Å². The Morgan fingerprint density at radius 1 is 1.11 bits per heavy atom. The van der Waals surface area contributed by atoms with Crippen LogP contribution >= 0.6 is 12.6 Å². The fourth-order valence-electron chi connectivity index (χ4n) is 3.39. The monoisotopic (exact) mass is 388 g/mol. The molecular weight excluding hydrogens is 363 g/mol. The number of carbonyl (C=O) groups excluding carboxylic acids is 1. The Labute approximate surface area is 165 Å². The van der Waals surface area contributed by atoms with E-state index in [0.29, 0.717) is 12.3 Å². The molecule has 2 aromatic rings. The Bertz CT molecular complexity index is 784. The molecule has 0 saturated carbocycles. The third-order valence-corrected chi connectivity index (χ3v) is 5.32. The fraction of sp³-hybridized carbons (Fsp3) is 0.381. The van der Waals surface area contributed by atoms with Crippen molar-refractivity contribution in [3.8, 4) is 5.75 Å². The summed E-state index contributed by atoms with van der Waals surface area (Å²) in [4.78, 5) is 17.6. The normalized spacial score (nSPS) is 20.5. The second kappa shape index (κ2) is 8.76. The minimum atomic E-state index is -0.224. The Morgan fingerprint density at radius 2 is 1.81 bits per heavy atom. The number of ether oxygens (including phenoxy) is 1. The van der Waals surface area contributed by atoms with E-state index in [2.05, 4.69) is 24.5 Å². The van der Waals surface area contributed by atoms with E-state index < -0.39 is 0 Å². The highest BCUT2D eigenvalue weighted by atomic mass is 32.1. The standard InChI is InChI=1S/C21H25FN2O2S/c1-15-12-24(21(25)14-26-19-5-3-4-6-20(19)27)16(2)11-23(15)13-17-7-9-18(22)10-8-17/h3-10,15-16,27H,11-14H2,1-2H3/t15-,16+/m0/s1. The zero-order valence-corrected chi connectivity index (χ0v) is 16.5. The van der Waals surface area contributed by atoms with Gasteiger partial charge in [-0.05, 0) is 43.7 Å². The Morgan fingerprint density at radius 3 is 2.52 bits per heavy atom. The molecule has 2 aromatic carbocycles. The van der Waals surface area contributed by atoms with Gasteiger partial charge in [0.1, 0.15) is 11.6 Å². The third-order valence-electron chi connectivity index (χ3n) is 4.95. The summed E-state index contributed by atoms with van der Waals surface area (Å²) in [5, 5.41) is 0. The summed E-state index contributed by atoms with van der Waals surface area (Å²) >= 11 is 4.34. The number of carbonyl (C=O) groups is 1. The van der Waals surface area contributed by atoms with Crippen molar-refractivity contribution >= 4 is 18.5 Å². The van der Waals surface area contributed by atoms with Gasteiger partial charge in [-0.1, -0.05) is 24.3 Å². The van der Waals surface area contributed by atoms with Crippen molar-refractivity contribution in [2.45, 2.75) is 37.4 Å². The van der Waals surface area contributed by atoms with Crippen LogP contribution in [0.15, 0.2) is 53.4 Å². The number of amides is 1. The maximum atomic E-state index is 13.1. The molecule has 2 atom stereocenters. The molecule has 1 saturated heterocycles. The summed E-state index contributed by atoms with van der Waals surface area (Å²) in [6, 6.07) is 14.3. The first-order chi connectivity index (χ1) is 12.9. The second-order valence-corrected chi connectivity index (χ2v) is 7.54. The highest BCUT2D eigenvalue weighted by Crippen LogP contribution is 2.22. The molecule has 0 radical (unpaired) electrons. The maximum Gasteiger partial charge on any atom is 0.260 e. The summed E-state index contributed by atoms with van der Waals surface area (Å²) < 4.78 is 18.7. The summed E-state index contributed by atoms with van der Waals surface area (Å²) in [7, 11) is 0. The number of benzene rings is 2. The van der Waals surface area contributed by atoms with E-state index in [9.17, 15) is 9.18 Å². The second-order valence-electron chi connectivity index (χ2n) is 7.06. The molecular formula is C21H25FN2O2S. The zero-order chi connectivity index (χ0) is 19.4. The van der Waals surface area contributed by atoms with Gasteiger partial charge in [-0.2, -0.15) is 0 Å². The molecule has 1 amide bonds. The minimum absolute atomic E-state index is 0.00654. The van der Waals surface area contributed by atoms with Crippen molar-refractivity contribution in [2.75, 3.05) is 19.7 Å². The molecule has 1 aliphatic rings. The molecule has 27 heavy (non-hydrogen) atoms. The van der Waals surface area contributed by atoms with Gasteiger partial charge in [0.25, 0.3) is 5.91 Å². The summed E-state index contributed by atoms with van der Waals surface area (Å²) in [6.07, 6.45) is 0. The van der Waals surface area contributed by atoms with Crippen LogP contribution in [-0.2, 0) is 11.3 Å². The molecule has 1 fully saturated rings. The quantitative estimate of drug-likeness (QED) is 0.795. The van der Waals surface area contributed by atoms with Crippen LogP contribution in [0.4, 0.5) is 4.39 Å². The van der Waals surface area contributed by atoms with Crippen LogP contribution in [0, 0.1) is 5.82 Å². The molecule has 0 bridgehead atoms. The lowest BCUT2D eigenvalue weighted by Gasteiger charge is -2.44. The van der Waals surface area contributed by atoms with Gasteiger partial charge in [-0.3, -0.25) is 9.69 Å². The van der Waals surface area contributed by atoms with Gasteiger partial charge in [-0.15, -0.1) is 12.6 Å². The van der Waals surface area contributed by atoms with Gasteiger partial charge >= 0.3 is 0 Å². The van der Waals surface area contributed by atoms with Gasteiger partial charge in [0.15, 0.2) is 6.61 Å². The minimum Gasteiger partial charge on any atom is -0.483 e. The Balaban J connectivity index is 1.56. The van der Waals surface area contributed by atoms with Crippen LogP contribution in [0.5, 0.6) is 5.75 Å².